The molecule has 0 fully saturated rings. The summed E-state index contributed by atoms with van der Waals surface area (Å²) in [7, 11) is 0. The first-order chi connectivity index (χ1) is 3.66. The number of aliphatic carboxylic acids is 1. The lowest BCUT2D eigenvalue weighted by Crippen LogP contribution is -2.11. The van der Waals surface area contributed by atoms with E-state index in [-0.39, 0.29) is 6.42 Å². The Morgan fingerprint density at radius 3 is 2.50 bits per heavy atom. The van der Waals surface area contributed by atoms with Gasteiger partial charge in [0.05, 0.1) is 6.42 Å². The van der Waals surface area contributed by atoms with E-state index in [1.807, 2.05) is 0 Å². The zero-order valence-electron chi connectivity index (χ0n) is 4.50. The lowest BCUT2D eigenvalue weighted by Gasteiger charge is -2.00. The summed E-state index contributed by atoms with van der Waals surface area (Å²) in [6.45, 7) is 1.47. The van der Waals surface area contributed by atoms with Crippen LogP contribution in [0.3, 0.4) is 0 Å². The highest BCUT2D eigenvalue weighted by Gasteiger charge is 2.05. The molecule has 48 valence electrons. The van der Waals surface area contributed by atoms with Crippen LogP contribution in [0.1, 0.15) is 13.3 Å². The molecule has 0 aromatic heterocycles. The predicted molar refractivity (Wildman–Crippen MR) is 25.4 cm³/mol. The largest absolute Gasteiger partial charge is 0.481 e. The Balaban J connectivity index is 3.24. The highest BCUT2D eigenvalue weighted by Crippen LogP contribution is 1.92. The first kappa shape index (κ1) is 7.39. The molecule has 4 nitrogen and oxygen atoms in total. The molecule has 0 aromatic carbocycles. The van der Waals surface area contributed by atoms with Crippen molar-refractivity contribution in [3.8, 4) is 0 Å². The van der Waals surface area contributed by atoms with Gasteiger partial charge in [0, 0.05) is 0 Å². The quantitative estimate of drug-likeness (QED) is 0.416. The van der Waals surface area contributed by atoms with E-state index in [1.165, 1.54) is 6.92 Å². The molecule has 1 unspecified atom stereocenters. The van der Waals surface area contributed by atoms with Crippen molar-refractivity contribution < 1.29 is 20.0 Å². The molecule has 0 bridgehead atoms. The fourth-order valence-corrected chi connectivity index (χ4v) is 0.283. The maximum atomic E-state index is 9.78. The third kappa shape index (κ3) is 3.58. The fraction of sp³-hybridized carbons (Fsp3) is 0.750. The second kappa shape index (κ2) is 3.40. The average molecular weight is 120 g/mol. The van der Waals surface area contributed by atoms with Crippen LogP contribution in [0.2, 0.25) is 0 Å². The van der Waals surface area contributed by atoms with Gasteiger partial charge in [-0.15, -0.1) is 0 Å². The van der Waals surface area contributed by atoms with E-state index in [4.69, 9.17) is 10.4 Å². The molecule has 0 radical (unpaired) electrons. The van der Waals surface area contributed by atoms with Gasteiger partial charge in [0.1, 0.15) is 6.10 Å². The second-order valence-electron chi connectivity index (χ2n) is 1.51. The summed E-state index contributed by atoms with van der Waals surface area (Å²) in [5.41, 5.74) is 0. The predicted octanol–water partition coefficient (Wildman–Crippen LogP) is 0.339. The number of hydrogen-bond acceptors (Lipinski definition) is 3. The van der Waals surface area contributed by atoms with Gasteiger partial charge in [0.25, 0.3) is 0 Å². The minimum Gasteiger partial charge on any atom is -0.481 e. The van der Waals surface area contributed by atoms with Crippen molar-refractivity contribution in [3.63, 3.8) is 0 Å². The van der Waals surface area contributed by atoms with E-state index < -0.39 is 12.1 Å². The van der Waals surface area contributed by atoms with Crippen LogP contribution in [0.25, 0.3) is 0 Å². The molecule has 8 heavy (non-hydrogen) atoms. The number of hydrogen-bond donors (Lipinski definition) is 2. The zero-order chi connectivity index (χ0) is 6.57. The van der Waals surface area contributed by atoms with Crippen LogP contribution in [0.5, 0.6) is 0 Å². The molecule has 0 amide bonds. The Hall–Kier alpha value is -0.610. The molecule has 4 heteroatoms. The lowest BCUT2D eigenvalue weighted by atomic mass is 10.3. The van der Waals surface area contributed by atoms with Crippen LogP contribution < -0.4 is 0 Å². The smallest absolute Gasteiger partial charge is 0.306 e. The number of carboxylic acid groups (broad SMARTS) is 1. The molecule has 0 aromatic rings. The monoisotopic (exact) mass is 120 g/mol. The lowest BCUT2D eigenvalue weighted by molar-refractivity contribution is -0.274. The molecule has 0 spiro atoms. The van der Waals surface area contributed by atoms with Crippen molar-refractivity contribution in [2.45, 2.75) is 19.4 Å². The van der Waals surface area contributed by atoms with Gasteiger partial charge in [0.2, 0.25) is 0 Å². The van der Waals surface area contributed by atoms with Crippen molar-refractivity contribution >= 4 is 5.97 Å². The summed E-state index contributed by atoms with van der Waals surface area (Å²) in [6.07, 6.45) is -0.788. The van der Waals surface area contributed by atoms with Crippen molar-refractivity contribution in [1.29, 1.82) is 0 Å². The Kier molecular flexibility index (Phi) is 3.14. The zero-order valence-corrected chi connectivity index (χ0v) is 4.50. The second-order valence-corrected chi connectivity index (χ2v) is 1.51. The van der Waals surface area contributed by atoms with Crippen molar-refractivity contribution in [2.75, 3.05) is 0 Å². The first-order valence-electron chi connectivity index (χ1n) is 2.19. The molecule has 0 aliphatic carbocycles. The third-order valence-corrected chi connectivity index (χ3v) is 0.642. The molecule has 0 saturated carbocycles. The topological polar surface area (TPSA) is 66.8 Å². The van der Waals surface area contributed by atoms with Crippen LogP contribution in [0.4, 0.5) is 0 Å². The molecular weight excluding hydrogens is 112 g/mol. The molecule has 2 N–H and O–H groups in total. The molecule has 0 aliphatic rings. The summed E-state index contributed by atoms with van der Waals surface area (Å²) >= 11 is 0. The normalized spacial score (nSPS) is 13.2. The van der Waals surface area contributed by atoms with E-state index in [2.05, 4.69) is 4.89 Å². The van der Waals surface area contributed by atoms with E-state index in [9.17, 15) is 4.79 Å². The summed E-state index contributed by atoms with van der Waals surface area (Å²) in [4.78, 5) is 13.5. The Bertz CT molecular complexity index is 80.1. The van der Waals surface area contributed by atoms with Crippen LogP contribution in [-0.4, -0.2) is 22.4 Å². The Morgan fingerprint density at radius 2 is 2.38 bits per heavy atom. The minimum atomic E-state index is -0.980. The first-order valence-corrected chi connectivity index (χ1v) is 2.19. The molecule has 0 aliphatic heterocycles. The summed E-state index contributed by atoms with van der Waals surface area (Å²) in [6, 6.07) is 0. The van der Waals surface area contributed by atoms with Crippen molar-refractivity contribution in [2.24, 2.45) is 0 Å². The maximum absolute atomic E-state index is 9.78. The molecule has 0 heterocycles. The minimum absolute atomic E-state index is 0.170. The van der Waals surface area contributed by atoms with Gasteiger partial charge in [-0.1, -0.05) is 0 Å². The van der Waals surface area contributed by atoms with E-state index in [0.29, 0.717) is 0 Å². The Labute approximate surface area is 46.6 Å². The Morgan fingerprint density at radius 1 is 1.88 bits per heavy atom. The molecular formula is C4H8O4. The fourth-order valence-electron chi connectivity index (χ4n) is 0.283. The van der Waals surface area contributed by atoms with Crippen molar-refractivity contribution in [3.05, 3.63) is 0 Å². The summed E-state index contributed by atoms with van der Waals surface area (Å²) < 4.78 is 0. The average Bonchev–Trinajstić information content (AvgIpc) is 1.65. The molecule has 0 rings (SSSR count). The van der Waals surface area contributed by atoms with Gasteiger partial charge >= 0.3 is 5.97 Å². The van der Waals surface area contributed by atoms with Gasteiger partial charge in [-0.3, -0.25) is 10.1 Å². The third-order valence-electron chi connectivity index (χ3n) is 0.642. The van der Waals surface area contributed by atoms with Crippen LogP contribution in [-0.2, 0) is 9.68 Å². The van der Waals surface area contributed by atoms with Gasteiger partial charge in [-0.2, -0.15) is 0 Å². The maximum Gasteiger partial charge on any atom is 0.306 e. The van der Waals surface area contributed by atoms with Gasteiger partial charge in [-0.05, 0) is 6.92 Å². The van der Waals surface area contributed by atoms with Gasteiger partial charge in [-0.25, -0.2) is 4.89 Å². The summed E-state index contributed by atoms with van der Waals surface area (Å²) in [5.74, 6) is -0.980. The SMILES string of the molecule is CC(CC(=O)O)OO. The van der Waals surface area contributed by atoms with Gasteiger partial charge in [0.15, 0.2) is 0 Å². The standard InChI is InChI=1S/C4H8O4/c1-3(8-7)2-4(5)6/h3,7H,2H2,1H3,(H,5,6). The summed E-state index contributed by atoms with van der Waals surface area (Å²) in [5, 5.41) is 15.8. The molecule has 0 saturated heterocycles. The number of rotatable bonds is 3. The van der Waals surface area contributed by atoms with Crippen LogP contribution >= 0.6 is 0 Å². The van der Waals surface area contributed by atoms with Crippen LogP contribution in [0.15, 0.2) is 0 Å². The highest BCUT2D eigenvalue weighted by molar-refractivity contribution is 5.67. The number of carboxylic acids is 1. The van der Waals surface area contributed by atoms with E-state index >= 15 is 0 Å². The number of carbonyl (C=O) groups is 1. The van der Waals surface area contributed by atoms with Crippen molar-refractivity contribution in [1.82, 2.24) is 0 Å². The highest BCUT2D eigenvalue weighted by atomic mass is 17.1. The van der Waals surface area contributed by atoms with E-state index in [1.54, 1.807) is 0 Å². The van der Waals surface area contributed by atoms with Gasteiger partial charge < -0.3 is 5.11 Å². The molecule has 1 atom stereocenters. The van der Waals surface area contributed by atoms with Crippen LogP contribution in [0, 0.1) is 0 Å². The van der Waals surface area contributed by atoms with E-state index in [0.717, 1.165) is 0 Å².